The van der Waals surface area contributed by atoms with Gasteiger partial charge in [0.25, 0.3) is 0 Å². The molecule has 1 N–H and O–H groups in total. The maximum absolute atomic E-state index is 6.49. The van der Waals surface area contributed by atoms with E-state index in [1.165, 1.54) is 16.7 Å². The quantitative estimate of drug-likeness (QED) is 0.683. The van der Waals surface area contributed by atoms with Gasteiger partial charge in [-0.2, -0.15) is 0 Å². The fraction of sp³-hybridized carbons (Fsp3) is 0.217. The maximum atomic E-state index is 6.49. The monoisotopic (exact) mass is 343 g/mol. The average Bonchev–Trinajstić information content (AvgIpc) is 3.00. The van der Waals surface area contributed by atoms with Crippen molar-refractivity contribution < 1.29 is 9.47 Å². The fourth-order valence-corrected chi connectivity index (χ4v) is 4.02. The van der Waals surface area contributed by atoms with Crippen molar-refractivity contribution in [3.63, 3.8) is 0 Å². The minimum Gasteiger partial charge on any atom is -0.458 e. The van der Waals surface area contributed by atoms with Crippen LogP contribution in [0.3, 0.4) is 0 Å². The first-order valence-electron chi connectivity index (χ1n) is 9.07. The highest BCUT2D eigenvalue weighted by Gasteiger charge is 2.48. The van der Waals surface area contributed by atoms with E-state index in [4.69, 9.17) is 9.47 Å². The third-order valence-electron chi connectivity index (χ3n) is 5.30. The predicted molar refractivity (Wildman–Crippen MR) is 102 cm³/mol. The van der Waals surface area contributed by atoms with Gasteiger partial charge in [0, 0.05) is 23.2 Å². The minimum absolute atomic E-state index is 0.118. The van der Waals surface area contributed by atoms with Crippen LogP contribution in [-0.4, -0.2) is 0 Å². The molecule has 0 unspecified atom stereocenters. The first-order valence-corrected chi connectivity index (χ1v) is 9.07. The summed E-state index contributed by atoms with van der Waals surface area (Å²) in [4.78, 5) is 0. The smallest absolute Gasteiger partial charge is 0.240 e. The first kappa shape index (κ1) is 15.5. The zero-order chi connectivity index (χ0) is 17.6. The number of fused-ring (bicyclic) bond motifs is 3. The van der Waals surface area contributed by atoms with Crippen LogP contribution < -0.4 is 10.1 Å². The van der Waals surface area contributed by atoms with Crippen molar-refractivity contribution in [2.45, 2.75) is 31.8 Å². The molecule has 3 aromatic carbocycles. The lowest BCUT2D eigenvalue weighted by Gasteiger charge is -2.40. The van der Waals surface area contributed by atoms with Crippen LogP contribution >= 0.6 is 0 Å². The summed E-state index contributed by atoms with van der Waals surface area (Å²) in [6.45, 7) is 2.68. The lowest BCUT2D eigenvalue weighted by molar-refractivity contribution is -0.196. The van der Waals surface area contributed by atoms with Gasteiger partial charge in [0.15, 0.2) is 0 Å². The van der Waals surface area contributed by atoms with Gasteiger partial charge in [-0.15, -0.1) is 0 Å². The van der Waals surface area contributed by atoms with Crippen molar-refractivity contribution in [2.75, 3.05) is 5.32 Å². The Morgan fingerprint density at radius 1 is 0.962 bits per heavy atom. The lowest BCUT2D eigenvalue weighted by atomic mass is 9.89. The van der Waals surface area contributed by atoms with E-state index >= 15 is 0 Å². The molecule has 0 aliphatic carbocycles. The number of anilines is 1. The number of para-hydroxylation sites is 1. The summed E-state index contributed by atoms with van der Waals surface area (Å²) in [6.07, 6.45) is 0.731. The highest BCUT2D eigenvalue weighted by Crippen LogP contribution is 2.50. The molecular weight excluding hydrogens is 322 g/mol. The Morgan fingerprint density at radius 2 is 1.77 bits per heavy atom. The molecule has 0 bridgehead atoms. The third kappa shape index (κ3) is 2.47. The summed E-state index contributed by atoms with van der Waals surface area (Å²) in [5, 5.41) is 3.68. The molecule has 0 fully saturated rings. The molecule has 0 amide bonds. The van der Waals surface area contributed by atoms with Crippen LogP contribution in [0.4, 0.5) is 5.69 Å². The number of hydrogen-bond donors (Lipinski definition) is 1. The Morgan fingerprint density at radius 3 is 2.65 bits per heavy atom. The Labute approximate surface area is 153 Å². The van der Waals surface area contributed by atoms with Crippen LogP contribution in [0.2, 0.25) is 0 Å². The Kier molecular flexibility index (Phi) is 3.50. The van der Waals surface area contributed by atoms with Crippen LogP contribution in [0, 0.1) is 6.92 Å². The first-order chi connectivity index (χ1) is 12.7. The fourth-order valence-electron chi connectivity index (χ4n) is 4.02. The van der Waals surface area contributed by atoms with Gasteiger partial charge in [0.2, 0.25) is 5.79 Å². The molecule has 2 aliphatic rings. The second-order valence-electron chi connectivity index (χ2n) is 7.11. The third-order valence-corrected chi connectivity index (χ3v) is 5.30. The molecule has 3 aromatic rings. The normalized spacial score (nSPS) is 23.2. The summed E-state index contributed by atoms with van der Waals surface area (Å²) in [6, 6.07) is 25.2. The predicted octanol–water partition coefficient (Wildman–Crippen LogP) is 5.31. The number of hydrogen-bond acceptors (Lipinski definition) is 3. The number of benzene rings is 3. The van der Waals surface area contributed by atoms with Gasteiger partial charge in [-0.1, -0.05) is 54.6 Å². The second kappa shape index (κ2) is 5.89. The summed E-state index contributed by atoms with van der Waals surface area (Å²) in [5.41, 5.74) is 5.82. The highest BCUT2D eigenvalue weighted by molar-refractivity contribution is 5.51. The zero-order valence-electron chi connectivity index (χ0n) is 14.7. The van der Waals surface area contributed by atoms with Crippen LogP contribution in [0.25, 0.3) is 0 Å². The second-order valence-corrected chi connectivity index (χ2v) is 7.11. The van der Waals surface area contributed by atoms with Crippen molar-refractivity contribution >= 4 is 5.69 Å². The maximum Gasteiger partial charge on any atom is 0.240 e. The van der Waals surface area contributed by atoms with E-state index in [9.17, 15) is 0 Å². The highest BCUT2D eigenvalue weighted by atomic mass is 16.7. The molecule has 0 aromatic heterocycles. The Balaban J connectivity index is 1.59. The van der Waals surface area contributed by atoms with E-state index in [0.717, 1.165) is 23.4 Å². The van der Waals surface area contributed by atoms with Crippen LogP contribution in [0.5, 0.6) is 5.75 Å². The summed E-state index contributed by atoms with van der Waals surface area (Å²) in [5.74, 6) is 0.186. The van der Waals surface area contributed by atoms with E-state index in [-0.39, 0.29) is 6.04 Å². The summed E-state index contributed by atoms with van der Waals surface area (Å²) >= 11 is 0. The molecule has 0 saturated heterocycles. The zero-order valence-corrected chi connectivity index (χ0v) is 14.7. The topological polar surface area (TPSA) is 30.5 Å². The van der Waals surface area contributed by atoms with Gasteiger partial charge in [-0.05, 0) is 36.2 Å². The SMILES string of the molecule is Cc1ccc2c(c1)O[C@]1(C[C@H]2Nc2ccccc2)OCc2ccccc21. The van der Waals surface area contributed by atoms with Crippen molar-refractivity contribution in [1.82, 2.24) is 0 Å². The van der Waals surface area contributed by atoms with Gasteiger partial charge in [-0.25, -0.2) is 0 Å². The molecule has 1 spiro atoms. The van der Waals surface area contributed by atoms with E-state index in [1.807, 2.05) is 6.07 Å². The van der Waals surface area contributed by atoms with Crippen molar-refractivity contribution in [2.24, 2.45) is 0 Å². The largest absolute Gasteiger partial charge is 0.458 e. The molecule has 3 nitrogen and oxygen atoms in total. The van der Waals surface area contributed by atoms with Crippen LogP contribution in [0.15, 0.2) is 72.8 Å². The summed E-state index contributed by atoms with van der Waals surface area (Å²) < 4.78 is 12.7. The van der Waals surface area contributed by atoms with Crippen molar-refractivity contribution in [3.05, 3.63) is 95.1 Å². The molecule has 26 heavy (non-hydrogen) atoms. The molecule has 5 rings (SSSR count). The molecule has 3 heteroatoms. The molecule has 130 valence electrons. The van der Waals surface area contributed by atoms with Gasteiger partial charge in [0.1, 0.15) is 5.75 Å². The minimum atomic E-state index is -0.718. The van der Waals surface area contributed by atoms with Gasteiger partial charge in [-0.3, -0.25) is 0 Å². The summed E-state index contributed by atoms with van der Waals surface area (Å²) in [7, 11) is 0. The number of aryl methyl sites for hydroxylation is 1. The number of rotatable bonds is 2. The Bertz CT molecular complexity index is 953. The molecule has 2 heterocycles. The van der Waals surface area contributed by atoms with Crippen molar-refractivity contribution in [3.8, 4) is 5.75 Å². The van der Waals surface area contributed by atoms with Crippen molar-refractivity contribution in [1.29, 1.82) is 0 Å². The van der Waals surface area contributed by atoms with Gasteiger partial charge in [0.05, 0.1) is 12.6 Å². The molecule has 2 aliphatic heterocycles. The van der Waals surface area contributed by atoms with Crippen LogP contribution in [0.1, 0.15) is 34.7 Å². The van der Waals surface area contributed by atoms with E-state index in [2.05, 4.69) is 79.0 Å². The van der Waals surface area contributed by atoms with E-state index in [1.54, 1.807) is 0 Å². The Hall–Kier alpha value is -2.78. The molecular formula is C23H21NO2. The van der Waals surface area contributed by atoms with Gasteiger partial charge < -0.3 is 14.8 Å². The average molecular weight is 343 g/mol. The molecule has 2 atom stereocenters. The lowest BCUT2D eigenvalue weighted by Crippen LogP contribution is -2.40. The molecule has 0 radical (unpaired) electrons. The van der Waals surface area contributed by atoms with Gasteiger partial charge >= 0.3 is 0 Å². The van der Waals surface area contributed by atoms with Crippen LogP contribution in [-0.2, 0) is 17.1 Å². The van der Waals surface area contributed by atoms with E-state index in [0.29, 0.717) is 6.61 Å². The van der Waals surface area contributed by atoms with E-state index < -0.39 is 5.79 Å². The molecule has 0 saturated carbocycles. The number of ether oxygens (including phenoxy) is 2. The standard InChI is InChI=1S/C23H21NO2/c1-16-11-12-19-21(24-18-8-3-2-4-9-18)14-23(26-22(19)13-16)20-10-6-5-7-17(20)15-25-23/h2-13,21,24H,14-15H2,1H3/t21-,23+/m1/s1. The number of nitrogens with one attached hydrogen (secondary N) is 1.